The van der Waals surface area contributed by atoms with Crippen molar-refractivity contribution in [1.29, 1.82) is 0 Å². The number of imide groups is 1. The zero-order chi connectivity index (χ0) is 41.3. The number of ether oxygens (including phenoxy) is 4. The maximum atomic E-state index is 13.9. The van der Waals surface area contributed by atoms with E-state index in [0.717, 1.165) is 6.08 Å². The van der Waals surface area contributed by atoms with Crippen LogP contribution < -0.4 is 27.0 Å². The summed E-state index contributed by atoms with van der Waals surface area (Å²) in [6.45, 7) is 6.38. The van der Waals surface area contributed by atoms with Crippen molar-refractivity contribution in [3.8, 4) is 0 Å². The van der Waals surface area contributed by atoms with Gasteiger partial charge in [0.15, 0.2) is 6.10 Å². The molecule has 0 radical (unpaired) electrons. The number of anilines is 1. The predicted octanol–water partition coefficient (Wildman–Crippen LogP) is 2.48. The minimum absolute atomic E-state index is 0.00537. The lowest BCUT2D eigenvalue weighted by molar-refractivity contribution is -0.120. The van der Waals surface area contributed by atoms with Crippen LogP contribution in [0.5, 0.6) is 0 Å². The fraction of sp³-hybridized carbons (Fsp3) is 0.410. The molecule has 0 unspecified atom stereocenters. The molecule has 17 nitrogen and oxygen atoms in total. The first-order valence-electron chi connectivity index (χ1n) is 17.8. The standard InChI is InChI=1S/C39H47N5O12/c1-19-15-24-31(41-13-14-55-39(52)43-25-11-8-10-23-30(25)37(50)44-36(23)49)27(45)18-26(33(24)47)42-35(48)20(2)9-7-12-28(53-5)34(56-38(40)51)22(4)17-21(3)32(46)29(16-19)54-6/h7-12,17-19,21,28-29,32,34,41,46H,13-16H2,1-6H3,(H2,40,51)(H,42,48)(H,43,52)(H,44,49,50)/b12-7-,20-9+,22-17+/t19-,21+,28+,29+,32+,34+/m1/s1. The van der Waals surface area contributed by atoms with Crippen LogP contribution in [0.2, 0.25) is 0 Å². The van der Waals surface area contributed by atoms with Crippen molar-refractivity contribution in [1.82, 2.24) is 16.0 Å². The van der Waals surface area contributed by atoms with E-state index < -0.39 is 71.8 Å². The molecule has 300 valence electrons. The Morgan fingerprint density at radius 2 is 1.73 bits per heavy atom. The monoisotopic (exact) mass is 777 g/mol. The molecule has 1 aliphatic carbocycles. The molecular formula is C39H47N5O12. The van der Waals surface area contributed by atoms with Gasteiger partial charge in [-0.15, -0.1) is 0 Å². The second-order valence-corrected chi connectivity index (χ2v) is 13.6. The number of rotatable bonds is 8. The highest BCUT2D eigenvalue weighted by Gasteiger charge is 2.34. The van der Waals surface area contributed by atoms with Crippen molar-refractivity contribution in [2.75, 3.05) is 32.7 Å². The smallest absolute Gasteiger partial charge is 0.411 e. The molecule has 2 aliphatic heterocycles. The number of fused-ring (bicyclic) bond motifs is 3. The number of nitrogens with one attached hydrogen (secondary N) is 4. The molecule has 2 bridgehead atoms. The van der Waals surface area contributed by atoms with Crippen LogP contribution in [-0.2, 0) is 33.3 Å². The molecule has 1 aromatic carbocycles. The van der Waals surface area contributed by atoms with Crippen molar-refractivity contribution >= 4 is 47.2 Å². The SMILES string of the molecule is CO[C@H]1/C=C\C=C(/C)C(=O)NC2=CC(=O)C(NCCOC(=O)Nc3cccc4c3C(=O)NC4=O)=C(C[C@@H](C)C[C@H](OC)[C@@H](O)[C@@H](C)/C=C(\C)[C@@H]1OC(N)=O)C2=O. The highest BCUT2D eigenvalue weighted by Crippen LogP contribution is 2.29. The van der Waals surface area contributed by atoms with Crippen molar-refractivity contribution in [2.45, 2.75) is 65.0 Å². The van der Waals surface area contributed by atoms with E-state index >= 15 is 0 Å². The van der Waals surface area contributed by atoms with Crippen LogP contribution in [0, 0.1) is 11.8 Å². The Morgan fingerprint density at radius 3 is 2.41 bits per heavy atom. The van der Waals surface area contributed by atoms with Gasteiger partial charge in [0.05, 0.1) is 40.4 Å². The van der Waals surface area contributed by atoms with Crippen LogP contribution in [0.1, 0.15) is 61.3 Å². The number of methoxy groups -OCH3 is 2. The summed E-state index contributed by atoms with van der Waals surface area (Å²) >= 11 is 0. The number of hydrogen-bond donors (Lipinski definition) is 6. The molecule has 4 rings (SSSR count). The summed E-state index contributed by atoms with van der Waals surface area (Å²) < 4.78 is 21.9. The zero-order valence-corrected chi connectivity index (χ0v) is 31.9. The van der Waals surface area contributed by atoms with Crippen molar-refractivity contribution in [3.63, 3.8) is 0 Å². The summed E-state index contributed by atoms with van der Waals surface area (Å²) in [7, 11) is 2.84. The number of allylic oxidation sites excluding steroid dienone is 4. The van der Waals surface area contributed by atoms with Crippen LogP contribution in [0.4, 0.5) is 15.3 Å². The molecule has 2 heterocycles. The van der Waals surface area contributed by atoms with E-state index in [9.17, 15) is 38.7 Å². The Hall–Kier alpha value is -5.91. The molecule has 1 aromatic rings. The van der Waals surface area contributed by atoms with Gasteiger partial charge in [0.25, 0.3) is 17.7 Å². The summed E-state index contributed by atoms with van der Waals surface area (Å²) in [6, 6.07) is 4.38. The van der Waals surface area contributed by atoms with Gasteiger partial charge in [0, 0.05) is 43.9 Å². The van der Waals surface area contributed by atoms with E-state index in [-0.39, 0.29) is 71.3 Å². The summed E-state index contributed by atoms with van der Waals surface area (Å²) in [5, 5.41) is 21.4. The summed E-state index contributed by atoms with van der Waals surface area (Å²) in [6.07, 6.45) is 1.90. The van der Waals surface area contributed by atoms with Crippen molar-refractivity contribution in [3.05, 3.63) is 87.8 Å². The molecule has 0 saturated heterocycles. The Kier molecular flexibility index (Phi) is 14.6. The molecule has 0 fully saturated rings. The third kappa shape index (κ3) is 10.4. The van der Waals surface area contributed by atoms with Gasteiger partial charge < -0.3 is 40.4 Å². The van der Waals surface area contributed by atoms with Gasteiger partial charge in [-0.2, -0.15) is 0 Å². The number of ketones is 2. The average molecular weight is 778 g/mol. The Morgan fingerprint density at radius 1 is 1.00 bits per heavy atom. The Balaban J connectivity index is 1.58. The third-order valence-electron chi connectivity index (χ3n) is 9.43. The number of carbonyl (C=O) groups is 7. The van der Waals surface area contributed by atoms with Crippen LogP contribution in [0.3, 0.4) is 0 Å². The van der Waals surface area contributed by atoms with Crippen LogP contribution >= 0.6 is 0 Å². The quantitative estimate of drug-likeness (QED) is 0.0962. The second-order valence-electron chi connectivity index (χ2n) is 13.6. The molecular weight excluding hydrogens is 730 g/mol. The normalized spacial score (nSPS) is 27.4. The topological polar surface area (TPSA) is 251 Å². The first kappa shape index (κ1) is 42.8. The molecule has 6 atom stereocenters. The van der Waals surface area contributed by atoms with Gasteiger partial charge in [0.1, 0.15) is 12.7 Å². The largest absolute Gasteiger partial charge is 0.447 e. The minimum atomic E-state index is -1.06. The van der Waals surface area contributed by atoms with Gasteiger partial charge in [0.2, 0.25) is 11.6 Å². The van der Waals surface area contributed by atoms with E-state index in [1.165, 1.54) is 51.5 Å². The molecule has 0 aromatic heterocycles. The highest BCUT2D eigenvalue weighted by molar-refractivity contribution is 6.25. The Bertz CT molecular complexity index is 1930. The number of Topliss-reactive ketones (excluding diaryl/α,β-unsaturated/α-hetero) is 1. The van der Waals surface area contributed by atoms with Crippen LogP contribution in [-0.4, -0.2) is 98.4 Å². The van der Waals surface area contributed by atoms with E-state index in [1.807, 2.05) is 6.92 Å². The number of hydrogen-bond acceptors (Lipinski definition) is 13. The van der Waals surface area contributed by atoms with Crippen molar-refractivity contribution in [2.24, 2.45) is 17.6 Å². The van der Waals surface area contributed by atoms with E-state index in [1.54, 1.807) is 26.0 Å². The maximum Gasteiger partial charge on any atom is 0.411 e. The molecule has 17 heteroatoms. The number of aliphatic hydroxyl groups is 1. The highest BCUT2D eigenvalue weighted by atomic mass is 16.6. The van der Waals surface area contributed by atoms with Gasteiger partial charge in [-0.3, -0.25) is 34.6 Å². The van der Waals surface area contributed by atoms with Gasteiger partial charge in [-0.05, 0) is 50.3 Å². The lowest BCUT2D eigenvalue weighted by Crippen LogP contribution is -2.38. The van der Waals surface area contributed by atoms with Crippen LogP contribution in [0.25, 0.3) is 0 Å². The van der Waals surface area contributed by atoms with Crippen LogP contribution in [0.15, 0.2) is 76.7 Å². The molecule has 56 heavy (non-hydrogen) atoms. The first-order chi connectivity index (χ1) is 26.6. The lowest BCUT2D eigenvalue weighted by atomic mass is 9.85. The maximum absolute atomic E-state index is 13.9. The predicted molar refractivity (Wildman–Crippen MR) is 201 cm³/mol. The second kappa shape index (κ2) is 19.1. The summed E-state index contributed by atoms with van der Waals surface area (Å²) in [5.74, 6) is -4.04. The average Bonchev–Trinajstić information content (AvgIpc) is 3.44. The summed E-state index contributed by atoms with van der Waals surface area (Å²) in [4.78, 5) is 89.3. The van der Waals surface area contributed by atoms with Gasteiger partial charge in [-0.25, -0.2) is 9.59 Å². The molecule has 7 N–H and O–H groups in total. The molecule has 0 saturated carbocycles. The fourth-order valence-corrected chi connectivity index (χ4v) is 6.57. The molecule has 0 spiro atoms. The van der Waals surface area contributed by atoms with E-state index in [4.69, 9.17) is 24.7 Å². The zero-order valence-electron chi connectivity index (χ0n) is 31.9. The lowest BCUT2D eigenvalue weighted by Gasteiger charge is -2.30. The Labute approximate surface area is 323 Å². The summed E-state index contributed by atoms with van der Waals surface area (Å²) in [5.41, 5.74) is 6.00. The number of nitrogens with two attached hydrogens (primary N) is 1. The van der Waals surface area contributed by atoms with Gasteiger partial charge in [-0.1, -0.05) is 44.2 Å². The number of amides is 5. The van der Waals surface area contributed by atoms with Crippen molar-refractivity contribution < 1.29 is 57.6 Å². The molecule has 5 amide bonds. The number of primary amides is 1. The third-order valence-corrected chi connectivity index (χ3v) is 9.43. The number of benzene rings is 1. The van der Waals surface area contributed by atoms with E-state index in [2.05, 4.69) is 21.3 Å². The fourth-order valence-electron chi connectivity index (χ4n) is 6.57. The first-order valence-corrected chi connectivity index (χ1v) is 17.8. The minimum Gasteiger partial charge on any atom is -0.447 e. The number of carbonyl (C=O) groups excluding carboxylic acids is 7. The van der Waals surface area contributed by atoms with E-state index in [0.29, 0.717) is 5.57 Å². The van der Waals surface area contributed by atoms with Gasteiger partial charge >= 0.3 is 12.2 Å². The molecule has 3 aliphatic rings. The number of aliphatic hydroxyl groups excluding tert-OH is 1.